The summed E-state index contributed by atoms with van der Waals surface area (Å²) >= 11 is 0. The second kappa shape index (κ2) is 5.14. The minimum absolute atomic E-state index is 0.185. The van der Waals surface area contributed by atoms with Crippen LogP contribution in [-0.4, -0.2) is 7.11 Å². The molecule has 0 atom stereocenters. The smallest absolute Gasteiger partial charge is 0.201 e. The van der Waals surface area contributed by atoms with E-state index in [9.17, 15) is 8.78 Å². The van der Waals surface area contributed by atoms with Gasteiger partial charge in [-0.1, -0.05) is 6.07 Å². The molecule has 2 aromatic carbocycles. The third-order valence-electron chi connectivity index (χ3n) is 2.73. The zero-order valence-corrected chi connectivity index (χ0v) is 10.5. The number of nitrogens with two attached hydrogens (primary N) is 1. The number of methoxy groups -OCH3 is 1. The second-order valence-corrected chi connectivity index (χ2v) is 3.97. The number of nitrogen functional groups attached to an aromatic ring is 1. The van der Waals surface area contributed by atoms with Crippen LogP contribution in [0.4, 0.5) is 14.5 Å². The molecule has 0 saturated carbocycles. The van der Waals surface area contributed by atoms with E-state index >= 15 is 0 Å². The summed E-state index contributed by atoms with van der Waals surface area (Å²) in [7, 11) is 1.48. The average Bonchev–Trinajstić information content (AvgIpc) is 2.39. The van der Waals surface area contributed by atoms with E-state index < -0.39 is 11.6 Å². The van der Waals surface area contributed by atoms with E-state index in [2.05, 4.69) is 0 Å². The van der Waals surface area contributed by atoms with Crippen molar-refractivity contribution in [3.63, 3.8) is 0 Å². The quantitative estimate of drug-likeness (QED) is 0.861. The number of benzene rings is 2. The van der Waals surface area contributed by atoms with Crippen LogP contribution in [0.1, 0.15) is 5.56 Å². The Kier molecular flexibility index (Phi) is 3.55. The predicted octanol–water partition coefficient (Wildman–Crippen LogP) is 3.66. The monoisotopic (exact) mass is 265 g/mol. The van der Waals surface area contributed by atoms with Crippen LogP contribution in [0.3, 0.4) is 0 Å². The topological polar surface area (TPSA) is 44.5 Å². The maximum Gasteiger partial charge on any atom is 0.201 e. The number of ether oxygens (including phenoxy) is 2. The maximum atomic E-state index is 13.5. The summed E-state index contributed by atoms with van der Waals surface area (Å²) in [4.78, 5) is 0. The first-order valence-corrected chi connectivity index (χ1v) is 5.59. The van der Waals surface area contributed by atoms with Gasteiger partial charge in [-0.25, -0.2) is 4.39 Å². The average molecular weight is 265 g/mol. The van der Waals surface area contributed by atoms with E-state index in [-0.39, 0.29) is 5.75 Å². The maximum absolute atomic E-state index is 13.5. The summed E-state index contributed by atoms with van der Waals surface area (Å²) in [5.41, 5.74) is 6.80. The largest absolute Gasteiger partial charge is 0.494 e. The molecule has 0 saturated heterocycles. The highest BCUT2D eigenvalue weighted by atomic mass is 19.2. The van der Waals surface area contributed by atoms with Crippen LogP contribution in [-0.2, 0) is 0 Å². The Balaban J connectivity index is 2.42. The first kappa shape index (κ1) is 13.1. The van der Waals surface area contributed by atoms with E-state index in [0.717, 1.165) is 6.07 Å². The Morgan fingerprint density at radius 3 is 2.47 bits per heavy atom. The van der Waals surface area contributed by atoms with Crippen LogP contribution in [0.15, 0.2) is 30.3 Å². The van der Waals surface area contributed by atoms with Gasteiger partial charge in [0.05, 0.1) is 12.8 Å². The first-order chi connectivity index (χ1) is 9.04. The molecule has 0 bridgehead atoms. The molecular weight excluding hydrogens is 252 g/mol. The fourth-order valence-corrected chi connectivity index (χ4v) is 1.76. The van der Waals surface area contributed by atoms with E-state index in [1.807, 2.05) is 0 Å². The predicted molar refractivity (Wildman–Crippen MR) is 68.6 cm³/mol. The van der Waals surface area contributed by atoms with Gasteiger partial charge < -0.3 is 15.2 Å². The number of halogens is 2. The molecule has 0 heterocycles. The molecule has 2 aromatic rings. The molecule has 0 aliphatic heterocycles. The van der Waals surface area contributed by atoms with E-state index in [1.165, 1.54) is 19.2 Å². The highest BCUT2D eigenvalue weighted by molar-refractivity contribution is 5.61. The molecule has 0 unspecified atom stereocenters. The molecule has 19 heavy (non-hydrogen) atoms. The zero-order valence-electron chi connectivity index (χ0n) is 10.5. The summed E-state index contributed by atoms with van der Waals surface area (Å²) in [6.45, 7) is 1.72. The highest BCUT2D eigenvalue weighted by Crippen LogP contribution is 2.36. The summed E-state index contributed by atoms with van der Waals surface area (Å²) in [6.07, 6.45) is 0. The van der Waals surface area contributed by atoms with Gasteiger partial charge in [-0.15, -0.1) is 0 Å². The number of hydrogen-bond acceptors (Lipinski definition) is 3. The number of rotatable bonds is 3. The Labute approximate surface area is 109 Å². The summed E-state index contributed by atoms with van der Waals surface area (Å²) < 4.78 is 37.1. The molecule has 0 spiro atoms. The van der Waals surface area contributed by atoms with Gasteiger partial charge in [-0.05, 0) is 31.2 Å². The molecule has 0 amide bonds. The second-order valence-electron chi connectivity index (χ2n) is 3.97. The Hall–Kier alpha value is -2.30. The summed E-state index contributed by atoms with van der Waals surface area (Å²) in [5, 5.41) is 0. The minimum atomic E-state index is -1.03. The van der Waals surface area contributed by atoms with Gasteiger partial charge in [0.1, 0.15) is 11.5 Å². The van der Waals surface area contributed by atoms with Crippen molar-refractivity contribution < 1.29 is 18.3 Å². The Bertz CT molecular complexity index is 615. The van der Waals surface area contributed by atoms with Crippen molar-refractivity contribution in [3.8, 4) is 17.2 Å². The van der Waals surface area contributed by atoms with Crippen LogP contribution in [0, 0.1) is 18.6 Å². The van der Waals surface area contributed by atoms with Crippen LogP contribution < -0.4 is 15.2 Å². The number of hydrogen-bond donors (Lipinski definition) is 1. The zero-order chi connectivity index (χ0) is 14.0. The fourth-order valence-electron chi connectivity index (χ4n) is 1.76. The van der Waals surface area contributed by atoms with Crippen molar-refractivity contribution in [1.29, 1.82) is 0 Å². The number of anilines is 1. The van der Waals surface area contributed by atoms with Crippen molar-refractivity contribution >= 4 is 5.69 Å². The SMILES string of the molecule is COc1c(N)ccc(Oc2cccc(F)c2F)c1C. The van der Waals surface area contributed by atoms with Gasteiger partial charge in [-0.2, -0.15) is 4.39 Å². The molecule has 2 N–H and O–H groups in total. The fraction of sp³-hybridized carbons (Fsp3) is 0.143. The summed E-state index contributed by atoms with van der Waals surface area (Å²) in [5.74, 6) is -1.37. The van der Waals surface area contributed by atoms with Gasteiger partial charge in [0.25, 0.3) is 0 Å². The Morgan fingerprint density at radius 1 is 1.05 bits per heavy atom. The van der Waals surface area contributed by atoms with Gasteiger partial charge in [0.2, 0.25) is 5.82 Å². The van der Waals surface area contributed by atoms with Crippen LogP contribution in [0.5, 0.6) is 17.2 Å². The molecule has 5 heteroatoms. The lowest BCUT2D eigenvalue weighted by Gasteiger charge is -2.14. The Morgan fingerprint density at radius 2 is 1.79 bits per heavy atom. The van der Waals surface area contributed by atoms with Crippen molar-refractivity contribution in [2.24, 2.45) is 0 Å². The molecule has 0 aromatic heterocycles. The summed E-state index contributed by atoms with van der Waals surface area (Å²) in [6, 6.07) is 6.91. The van der Waals surface area contributed by atoms with Crippen LogP contribution in [0.25, 0.3) is 0 Å². The highest BCUT2D eigenvalue weighted by Gasteiger charge is 2.14. The van der Waals surface area contributed by atoms with Crippen molar-refractivity contribution in [2.45, 2.75) is 6.92 Å². The first-order valence-electron chi connectivity index (χ1n) is 5.59. The van der Waals surface area contributed by atoms with Crippen molar-refractivity contribution in [2.75, 3.05) is 12.8 Å². The third-order valence-corrected chi connectivity index (χ3v) is 2.73. The van der Waals surface area contributed by atoms with E-state index in [1.54, 1.807) is 19.1 Å². The lowest BCUT2D eigenvalue weighted by molar-refractivity contribution is 0.396. The van der Waals surface area contributed by atoms with Crippen molar-refractivity contribution in [1.82, 2.24) is 0 Å². The lowest BCUT2D eigenvalue weighted by atomic mass is 10.1. The normalized spacial score (nSPS) is 10.3. The third kappa shape index (κ3) is 2.45. The molecule has 100 valence electrons. The molecule has 0 aliphatic rings. The van der Waals surface area contributed by atoms with Gasteiger partial charge in [-0.3, -0.25) is 0 Å². The molecule has 3 nitrogen and oxygen atoms in total. The molecular formula is C14H13F2NO2. The molecule has 0 fully saturated rings. The molecule has 2 rings (SSSR count). The van der Waals surface area contributed by atoms with E-state index in [0.29, 0.717) is 22.7 Å². The van der Waals surface area contributed by atoms with Gasteiger partial charge >= 0.3 is 0 Å². The van der Waals surface area contributed by atoms with Crippen LogP contribution >= 0.6 is 0 Å². The standard InChI is InChI=1S/C14H13F2NO2/c1-8-11(7-6-10(17)14(8)18-2)19-12-5-3-4-9(15)13(12)16/h3-7H,17H2,1-2H3. The van der Waals surface area contributed by atoms with Gasteiger partial charge in [0.15, 0.2) is 11.6 Å². The molecule has 0 radical (unpaired) electrons. The lowest BCUT2D eigenvalue weighted by Crippen LogP contribution is -1.98. The van der Waals surface area contributed by atoms with E-state index in [4.69, 9.17) is 15.2 Å². The van der Waals surface area contributed by atoms with Gasteiger partial charge in [0, 0.05) is 5.56 Å². The minimum Gasteiger partial charge on any atom is -0.494 e. The van der Waals surface area contributed by atoms with Crippen LogP contribution in [0.2, 0.25) is 0 Å². The van der Waals surface area contributed by atoms with Crippen molar-refractivity contribution in [3.05, 3.63) is 47.5 Å². The molecule has 0 aliphatic carbocycles.